The van der Waals surface area contributed by atoms with Gasteiger partial charge in [0.05, 0.1) is 12.1 Å². The molecule has 0 aliphatic carbocycles. The van der Waals surface area contributed by atoms with Crippen molar-refractivity contribution in [1.29, 1.82) is 0 Å². The monoisotopic (exact) mass is 355 g/mol. The second-order valence-corrected chi connectivity index (χ2v) is 11.2. The van der Waals surface area contributed by atoms with Crippen LogP contribution in [0.1, 0.15) is 25.0 Å². The molecule has 4 heteroatoms. The molecule has 0 atom stereocenters. The van der Waals surface area contributed by atoms with Gasteiger partial charge in [0.1, 0.15) is 0 Å². The third kappa shape index (κ3) is 3.24. The minimum atomic E-state index is -2.36. The quantitative estimate of drug-likeness (QED) is 0.698. The highest BCUT2D eigenvalue weighted by Crippen LogP contribution is 2.38. The topological polar surface area (TPSA) is 50.2 Å². The lowest BCUT2D eigenvalue weighted by Gasteiger charge is -2.34. The number of nitrogens with zero attached hydrogens (tertiary/aromatic N) is 1. The van der Waals surface area contributed by atoms with Crippen LogP contribution in [0.2, 0.25) is 0 Å². The van der Waals surface area contributed by atoms with E-state index < -0.39 is 14.7 Å². The molecule has 3 nitrogen and oxygen atoms in total. The smallest absolute Gasteiger partial charge is 0.0780 e. The number of hydrogen-bond donors (Lipinski definition) is 2. The van der Waals surface area contributed by atoms with Crippen LogP contribution in [0.25, 0.3) is 22.0 Å². The average Bonchev–Trinajstić information content (AvgIpc) is 2.59. The van der Waals surface area contributed by atoms with Crippen LogP contribution < -0.4 is 0 Å². The SMILES string of the molecule is CC(C)(c1cc(-c2cccc(CO)c2)c2ncccc2c1)[SH](C)(C)=O. The van der Waals surface area contributed by atoms with Gasteiger partial charge < -0.3 is 5.11 Å². The van der Waals surface area contributed by atoms with Crippen LogP contribution >= 0.6 is 0 Å². The summed E-state index contributed by atoms with van der Waals surface area (Å²) in [4.78, 5) is 4.57. The molecule has 0 unspecified atom stereocenters. The molecular weight excluding hydrogens is 330 g/mol. The maximum atomic E-state index is 12.9. The van der Waals surface area contributed by atoms with Crippen molar-refractivity contribution in [2.24, 2.45) is 0 Å². The molecule has 3 rings (SSSR count). The van der Waals surface area contributed by atoms with Crippen LogP contribution in [0.15, 0.2) is 54.7 Å². The van der Waals surface area contributed by atoms with Crippen LogP contribution in [0.4, 0.5) is 0 Å². The highest BCUT2D eigenvalue weighted by molar-refractivity contribution is 8.02. The molecule has 0 radical (unpaired) electrons. The molecule has 1 N–H and O–H groups in total. The van der Waals surface area contributed by atoms with Gasteiger partial charge in [-0.2, -0.15) is 0 Å². The summed E-state index contributed by atoms with van der Waals surface area (Å²) < 4.78 is 12.4. The highest BCUT2D eigenvalue weighted by atomic mass is 32.2. The normalized spacial score (nSPS) is 13.2. The summed E-state index contributed by atoms with van der Waals surface area (Å²) in [6.07, 6.45) is 5.47. The van der Waals surface area contributed by atoms with E-state index >= 15 is 0 Å². The Hall–Kier alpha value is -2.04. The number of pyridine rings is 1. The second kappa shape index (κ2) is 6.36. The van der Waals surface area contributed by atoms with Crippen molar-refractivity contribution in [2.45, 2.75) is 25.2 Å². The fourth-order valence-electron chi connectivity index (χ4n) is 2.91. The van der Waals surface area contributed by atoms with Gasteiger partial charge in [-0.15, -0.1) is 9.93 Å². The zero-order chi connectivity index (χ0) is 18.2. The van der Waals surface area contributed by atoms with Crippen LogP contribution in [0, 0.1) is 0 Å². The molecular formula is C21H25NO2S. The van der Waals surface area contributed by atoms with E-state index in [1.165, 1.54) is 0 Å². The fraction of sp³-hybridized carbons (Fsp3) is 0.286. The number of benzene rings is 2. The van der Waals surface area contributed by atoms with Gasteiger partial charge in [0.15, 0.2) is 0 Å². The second-order valence-electron chi connectivity index (χ2n) is 7.37. The van der Waals surface area contributed by atoms with E-state index in [0.717, 1.165) is 33.2 Å². The number of hydrogen-bond acceptors (Lipinski definition) is 3. The van der Waals surface area contributed by atoms with E-state index in [1.54, 1.807) is 6.20 Å². The molecule has 0 fully saturated rings. The lowest BCUT2D eigenvalue weighted by Crippen LogP contribution is -2.33. The Balaban J connectivity index is 2.32. The summed E-state index contributed by atoms with van der Waals surface area (Å²) in [5.74, 6) is 0. The van der Waals surface area contributed by atoms with E-state index in [0.29, 0.717) is 0 Å². The van der Waals surface area contributed by atoms with Crippen LogP contribution in [0.5, 0.6) is 0 Å². The zero-order valence-corrected chi connectivity index (χ0v) is 16.0. The molecule has 0 aliphatic rings. The van der Waals surface area contributed by atoms with Crippen molar-refractivity contribution in [1.82, 2.24) is 4.98 Å². The molecule has 132 valence electrons. The van der Waals surface area contributed by atoms with Crippen molar-refractivity contribution in [3.63, 3.8) is 0 Å². The van der Waals surface area contributed by atoms with Crippen LogP contribution in [-0.2, 0) is 21.3 Å². The molecule has 0 spiro atoms. The Labute approximate surface area is 150 Å². The molecule has 0 aliphatic heterocycles. The minimum absolute atomic E-state index is 0.00348. The van der Waals surface area contributed by atoms with Gasteiger partial charge in [0.25, 0.3) is 0 Å². The largest absolute Gasteiger partial charge is 0.392 e. The summed E-state index contributed by atoms with van der Waals surface area (Å²) in [5, 5.41) is 10.5. The Kier molecular flexibility index (Phi) is 4.52. The first-order chi connectivity index (χ1) is 11.7. The van der Waals surface area contributed by atoms with E-state index in [4.69, 9.17) is 0 Å². The first-order valence-electron chi connectivity index (χ1n) is 8.38. The number of rotatable bonds is 4. The van der Waals surface area contributed by atoms with Gasteiger partial charge in [-0.05, 0) is 67.3 Å². The molecule has 25 heavy (non-hydrogen) atoms. The van der Waals surface area contributed by atoms with Crippen molar-refractivity contribution in [3.05, 3.63) is 65.9 Å². The third-order valence-electron chi connectivity index (χ3n) is 5.18. The van der Waals surface area contributed by atoms with Crippen LogP contribution in [0.3, 0.4) is 0 Å². The number of aliphatic hydroxyl groups excluding tert-OH is 1. The first kappa shape index (κ1) is 17.8. The highest BCUT2D eigenvalue weighted by Gasteiger charge is 2.30. The van der Waals surface area contributed by atoms with Gasteiger partial charge in [0, 0.05) is 21.9 Å². The number of thiol groups is 1. The van der Waals surface area contributed by atoms with Gasteiger partial charge in [-0.1, -0.05) is 24.3 Å². The maximum absolute atomic E-state index is 12.9. The molecule has 3 aromatic rings. The van der Waals surface area contributed by atoms with Crippen LogP contribution in [-0.4, -0.2) is 26.8 Å². The molecule has 0 amide bonds. The number of aromatic nitrogens is 1. The Morgan fingerprint density at radius 3 is 2.52 bits per heavy atom. The summed E-state index contributed by atoms with van der Waals surface area (Å²) in [7, 11) is -2.36. The standard InChI is InChI=1S/C21H25NO2S/c1-21(2,25(3,4)24)18-12-17-9-6-10-22-20(17)19(13-18)16-8-5-7-15(11-16)14-23/h5-13,23,25H,14H2,1-4H3. The zero-order valence-electron chi connectivity index (χ0n) is 15.2. The summed E-state index contributed by atoms with van der Waals surface area (Å²) >= 11 is 0. The molecule has 0 bridgehead atoms. The molecule has 1 aromatic heterocycles. The van der Waals surface area contributed by atoms with Crippen molar-refractivity contribution in [2.75, 3.05) is 12.5 Å². The van der Waals surface area contributed by atoms with Crippen molar-refractivity contribution in [3.8, 4) is 11.1 Å². The summed E-state index contributed by atoms with van der Waals surface area (Å²) in [5.41, 5.74) is 4.84. The van der Waals surface area contributed by atoms with E-state index in [9.17, 15) is 9.32 Å². The van der Waals surface area contributed by atoms with Crippen molar-refractivity contribution < 1.29 is 9.32 Å². The van der Waals surface area contributed by atoms with Gasteiger partial charge in [0.2, 0.25) is 0 Å². The van der Waals surface area contributed by atoms with Gasteiger partial charge >= 0.3 is 0 Å². The van der Waals surface area contributed by atoms with Gasteiger partial charge in [-0.25, -0.2) is 0 Å². The Morgan fingerprint density at radius 1 is 1.08 bits per heavy atom. The van der Waals surface area contributed by atoms with E-state index in [2.05, 4.69) is 17.1 Å². The minimum Gasteiger partial charge on any atom is -0.392 e. The van der Waals surface area contributed by atoms with Gasteiger partial charge in [-0.3, -0.25) is 9.19 Å². The predicted octanol–water partition coefficient (Wildman–Crippen LogP) is 3.91. The summed E-state index contributed by atoms with van der Waals surface area (Å²) in [6, 6.07) is 16.0. The Morgan fingerprint density at radius 2 is 1.84 bits per heavy atom. The van der Waals surface area contributed by atoms with Crippen molar-refractivity contribution >= 4 is 20.8 Å². The molecule has 0 saturated heterocycles. The molecule has 1 heterocycles. The number of aliphatic hydroxyl groups is 1. The molecule has 2 aromatic carbocycles. The Bertz CT molecular complexity index is 973. The lowest BCUT2D eigenvalue weighted by atomic mass is 9.93. The van der Waals surface area contributed by atoms with E-state index in [1.807, 2.05) is 62.8 Å². The maximum Gasteiger partial charge on any atom is 0.0780 e. The predicted molar refractivity (Wildman–Crippen MR) is 108 cm³/mol. The molecule has 0 saturated carbocycles. The van der Waals surface area contributed by atoms with E-state index in [-0.39, 0.29) is 6.61 Å². The first-order valence-corrected chi connectivity index (χ1v) is 11.0. The lowest BCUT2D eigenvalue weighted by molar-refractivity contribution is 0.282. The number of fused-ring (bicyclic) bond motifs is 1. The third-order valence-corrected chi connectivity index (χ3v) is 8.13. The average molecular weight is 356 g/mol. The summed E-state index contributed by atoms with van der Waals surface area (Å²) in [6.45, 7) is 4.09. The fourth-order valence-corrected chi connectivity index (χ4v) is 3.66.